The molecule has 0 aromatic heterocycles. The van der Waals surface area contributed by atoms with E-state index in [1.807, 2.05) is 0 Å². The number of ether oxygens (including phenoxy) is 2. The first-order chi connectivity index (χ1) is 14.2. The molecule has 3 unspecified atom stereocenters. The Morgan fingerprint density at radius 1 is 1.33 bits per heavy atom. The van der Waals surface area contributed by atoms with Crippen molar-refractivity contribution in [1.82, 2.24) is 4.90 Å². The van der Waals surface area contributed by atoms with Crippen LogP contribution in [-0.2, 0) is 14.3 Å². The number of hydrogen-bond donors (Lipinski definition) is 1. The Kier molecular flexibility index (Phi) is 6.64. The van der Waals surface area contributed by atoms with E-state index in [1.165, 1.54) is 0 Å². The highest BCUT2D eigenvalue weighted by molar-refractivity contribution is 5.89. The maximum absolute atomic E-state index is 12.4. The third-order valence-electron chi connectivity index (χ3n) is 5.73. The fourth-order valence-electron chi connectivity index (χ4n) is 4.25. The van der Waals surface area contributed by atoms with Gasteiger partial charge in [0.05, 0.1) is 24.3 Å². The van der Waals surface area contributed by atoms with Crippen molar-refractivity contribution in [2.75, 3.05) is 31.1 Å². The molecule has 0 aliphatic carbocycles. The Bertz CT molecular complexity index is 812. The summed E-state index contributed by atoms with van der Waals surface area (Å²) in [5, 5.41) is 17.8. The van der Waals surface area contributed by atoms with Gasteiger partial charge in [-0.1, -0.05) is 20.8 Å². The second-order valence-electron chi connectivity index (χ2n) is 9.00. The van der Waals surface area contributed by atoms with Crippen LogP contribution in [0.4, 0.5) is 10.5 Å². The monoisotopic (exact) mass is 415 g/mol. The topological polar surface area (TPSA) is 103 Å². The van der Waals surface area contributed by atoms with Crippen LogP contribution in [0.3, 0.4) is 0 Å². The van der Waals surface area contributed by atoms with Crippen molar-refractivity contribution >= 4 is 17.7 Å². The molecule has 2 aliphatic heterocycles. The van der Waals surface area contributed by atoms with Crippen molar-refractivity contribution < 1.29 is 24.2 Å². The molecule has 8 heteroatoms. The van der Waals surface area contributed by atoms with Gasteiger partial charge in [-0.3, -0.25) is 9.80 Å². The van der Waals surface area contributed by atoms with E-state index in [0.717, 1.165) is 25.1 Å². The predicted octanol–water partition coefficient (Wildman–Crippen LogP) is 2.86. The van der Waals surface area contributed by atoms with Gasteiger partial charge < -0.3 is 14.6 Å². The lowest BCUT2D eigenvalue weighted by Gasteiger charge is -2.46. The van der Waals surface area contributed by atoms with Gasteiger partial charge in [0.25, 0.3) is 0 Å². The number of hydrogen-bond acceptors (Lipinski definition) is 6. The fraction of sp³-hybridized carbons (Fsp3) is 0.591. The molecule has 162 valence electrons. The number of carbonyl (C=O) groups is 2. The van der Waals surface area contributed by atoms with Crippen LogP contribution in [0.15, 0.2) is 24.3 Å². The maximum Gasteiger partial charge on any atom is 0.414 e. The standard InChI is InChI=1S/C22H29N3O5/c1-22(2,3)19-10-17(29-14-20(26)27)8-9-24(19)12-18-13-25(21(28)30-18)16-6-4-15(11-23)5-7-16/h4-7,17-19H,8-10,12-14H2,1-3H3,(H,26,27). The molecule has 1 aromatic carbocycles. The minimum Gasteiger partial charge on any atom is -0.480 e. The molecule has 0 spiro atoms. The molecule has 8 nitrogen and oxygen atoms in total. The lowest BCUT2D eigenvalue weighted by atomic mass is 9.79. The zero-order chi connectivity index (χ0) is 21.9. The summed E-state index contributed by atoms with van der Waals surface area (Å²) in [7, 11) is 0. The van der Waals surface area contributed by atoms with Crippen molar-refractivity contribution in [3.05, 3.63) is 29.8 Å². The molecule has 2 fully saturated rings. The Morgan fingerprint density at radius 2 is 2.03 bits per heavy atom. The number of carboxylic acid groups (broad SMARTS) is 1. The number of piperidine rings is 1. The van der Waals surface area contributed by atoms with Crippen LogP contribution in [0.1, 0.15) is 39.2 Å². The van der Waals surface area contributed by atoms with Crippen molar-refractivity contribution in [3.63, 3.8) is 0 Å². The van der Waals surface area contributed by atoms with Crippen LogP contribution < -0.4 is 4.90 Å². The van der Waals surface area contributed by atoms with E-state index in [4.69, 9.17) is 19.8 Å². The summed E-state index contributed by atoms with van der Waals surface area (Å²) < 4.78 is 11.2. The smallest absolute Gasteiger partial charge is 0.414 e. The van der Waals surface area contributed by atoms with Gasteiger partial charge in [-0.15, -0.1) is 0 Å². The van der Waals surface area contributed by atoms with Crippen LogP contribution >= 0.6 is 0 Å². The molecule has 2 aliphatic rings. The van der Waals surface area contributed by atoms with Gasteiger partial charge in [-0.05, 0) is 42.5 Å². The molecule has 2 heterocycles. The number of carbonyl (C=O) groups excluding carboxylic acids is 1. The Balaban J connectivity index is 1.63. The summed E-state index contributed by atoms with van der Waals surface area (Å²) in [4.78, 5) is 27.2. The minimum atomic E-state index is -0.953. The maximum atomic E-state index is 12.4. The molecule has 3 rings (SSSR count). The highest BCUT2D eigenvalue weighted by atomic mass is 16.6. The molecule has 0 saturated carbocycles. The second-order valence-corrected chi connectivity index (χ2v) is 9.00. The number of amides is 1. The summed E-state index contributed by atoms with van der Waals surface area (Å²) in [6, 6.07) is 9.15. The first-order valence-electron chi connectivity index (χ1n) is 10.2. The summed E-state index contributed by atoms with van der Waals surface area (Å²) in [6.07, 6.45) is 0.783. The predicted molar refractivity (Wildman–Crippen MR) is 110 cm³/mol. The van der Waals surface area contributed by atoms with Gasteiger partial charge in [-0.25, -0.2) is 9.59 Å². The number of anilines is 1. The third kappa shape index (κ3) is 5.29. The fourth-order valence-corrected chi connectivity index (χ4v) is 4.25. The number of nitrogens with zero attached hydrogens (tertiary/aromatic N) is 3. The molecule has 30 heavy (non-hydrogen) atoms. The largest absolute Gasteiger partial charge is 0.480 e. The van der Waals surface area contributed by atoms with E-state index in [2.05, 4.69) is 31.7 Å². The van der Waals surface area contributed by atoms with Crippen molar-refractivity contribution in [2.24, 2.45) is 5.41 Å². The average Bonchev–Trinajstić information content (AvgIpc) is 3.06. The van der Waals surface area contributed by atoms with Gasteiger partial charge in [-0.2, -0.15) is 5.26 Å². The third-order valence-corrected chi connectivity index (χ3v) is 5.73. The lowest BCUT2D eigenvalue weighted by Crippen LogP contribution is -2.53. The quantitative estimate of drug-likeness (QED) is 0.762. The zero-order valence-corrected chi connectivity index (χ0v) is 17.7. The number of cyclic esters (lactones) is 1. The molecule has 0 bridgehead atoms. The highest BCUT2D eigenvalue weighted by Gasteiger charge is 2.40. The summed E-state index contributed by atoms with van der Waals surface area (Å²) in [6.45, 7) is 8.04. The van der Waals surface area contributed by atoms with Crippen LogP contribution in [0.25, 0.3) is 0 Å². The van der Waals surface area contributed by atoms with E-state index in [-0.39, 0.29) is 36.4 Å². The van der Waals surface area contributed by atoms with Crippen LogP contribution in [-0.4, -0.2) is 66.6 Å². The van der Waals surface area contributed by atoms with Gasteiger partial charge in [0.2, 0.25) is 0 Å². The van der Waals surface area contributed by atoms with Gasteiger partial charge >= 0.3 is 12.1 Å². The van der Waals surface area contributed by atoms with E-state index in [9.17, 15) is 9.59 Å². The van der Waals surface area contributed by atoms with E-state index >= 15 is 0 Å². The lowest BCUT2D eigenvalue weighted by molar-refractivity contribution is -0.146. The molecule has 1 N–H and O–H groups in total. The average molecular weight is 415 g/mol. The van der Waals surface area contributed by atoms with Gasteiger partial charge in [0.15, 0.2) is 0 Å². The zero-order valence-electron chi connectivity index (χ0n) is 17.7. The van der Waals surface area contributed by atoms with E-state index < -0.39 is 5.97 Å². The molecule has 0 radical (unpaired) electrons. The number of likely N-dealkylation sites (tertiary alicyclic amines) is 1. The Hall–Kier alpha value is -2.63. The number of benzene rings is 1. The second kappa shape index (κ2) is 9.02. The van der Waals surface area contributed by atoms with Crippen LogP contribution in [0.5, 0.6) is 0 Å². The summed E-state index contributed by atoms with van der Waals surface area (Å²) in [5.41, 5.74) is 1.24. The highest BCUT2D eigenvalue weighted by Crippen LogP contribution is 2.34. The van der Waals surface area contributed by atoms with E-state index in [1.54, 1.807) is 29.2 Å². The molecular weight excluding hydrogens is 386 g/mol. The van der Waals surface area contributed by atoms with Gasteiger partial charge in [0.1, 0.15) is 12.7 Å². The van der Waals surface area contributed by atoms with Crippen molar-refractivity contribution in [3.8, 4) is 6.07 Å². The summed E-state index contributed by atoms with van der Waals surface area (Å²) in [5.74, 6) is -0.953. The normalized spacial score (nSPS) is 25.1. The first-order valence-corrected chi connectivity index (χ1v) is 10.2. The molecule has 2 saturated heterocycles. The first kappa shape index (κ1) is 22.1. The SMILES string of the molecule is CC(C)(C)C1CC(OCC(=O)O)CCN1CC1CN(c2ccc(C#N)cc2)C(=O)O1. The van der Waals surface area contributed by atoms with Crippen LogP contribution in [0, 0.1) is 16.7 Å². The molecule has 3 atom stereocenters. The number of carboxylic acids is 1. The summed E-state index contributed by atoms with van der Waals surface area (Å²) >= 11 is 0. The molecular formula is C22H29N3O5. The number of nitriles is 1. The van der Waals surface area contributed by atoms with Gasteiger partial charge in [0, 0.05) is 24.8 Å². The number of rotatable bonds is 6. The van der Waals surface area contributed by atoms with Crippen LogP contribution in [0.2, 0.25) is 0 Å². The molecule has 1 aromatic rings. The number of aliphatic carboxylic acids is 1. The van der Waals surface area contributed by atoms with Crippen molar-refractivity contribution in [1.29, 1.82) is 5.26 Å². The minimum absolute atomic E-state index is 0.0271. The van der Waals surface area contributed by atoms with E-state index in [0.29, 0.717) is 18.7 Å². The Labute approximate surface area is 177 Å². The molecule has 1 amide bonds. The van der Waals surface area contributed by atoms with Crippen molar-refractivity contribution in [2.45, 2.75) is 51.9 Å². The Morgan fingerprint density at radius 3 is 2.63 bits per heavy atom.